The highest BCUT2D eigenvalue weighted by Gasteiger charge is 2.20. The predicted octanol–water partition coefficient (Wildman–Crippen LogP) is 6.07. The van der Waals surface area contributed by atoms with Crippen molar-refractivity contribution in [2.75, 3.05) is 13.2 Å². The largest absolute Gasteiger partial charge is 0.507 e. The van der Waals surface area contributed by atoms with E-state index in [9.17, 15) is 14.7 Å². The molecule has 1 N–H and O–H groups in total. The first-order valence-corrected chi connectivity index (χ1v) is 10.9. The quantitative estimate of drug-likeness (QED) is 0.329. The molecular weight excluding hydrogens is 392 g/mol. The molecule has 0 spiro atoms. The SMILES string of the molecule is CCCC(=O)c1ccc(OCCC(C)(C)CCOc2cccc(C=O)c2C)c(C)c1O. The van der Waals surface area contributed by atoms with E-state index < -0.39 is 0 Å². The maximum absolute atomic E-state index is 12.1. The van der Waals surface area contributed by atoms with E-state index in [1.807, 2.05) is 26.0 Å². The van der Waals surface area contributed by atoms with E-state index in [1.165, 1.54) is 0 Å². The summed E-state index contributed by atoms with van der Waals surface area (Å²) in [6.45, 7) is 10.9. The van der Waals surface area contributed by atoms with Crippen LogP contribution in [0.3, 0.4) is 0 Å². The van der Waals surface area contributed by atoms with Gasteiger partial charge in [-0.2, -0.15) is 0 Å². The molecule has 0 heterocycles. The maximum atomic E-state index is 12.1. The molecular formula is C26H34O5. The highest BCUT2D eigenvalue weighted by molar-refractivity contribution is 5.99. The number of aldehydes is 1. The molecule has 0 saturated carbocycles. The first-order chi connectivity index (χ1) is 14.7. The van der Waals surface area contributed by atoms with Crippen molar-refractivity contribution in [3.63, 3.8) is 0 Å². The summed E-state index contributed by atoms with van der Waals surface area (Å²) < 4.78 is 11.8. The molecule has 0 fully saturated rings. The first-order valence-electron chi connectivity index (χ1n) is 10.9. The zero-order valence-electron chi connectivity index (χ0n) is 19.3. The highest BCUT2D eigenvalue weighted by atomic mass is 16.5. The molecule has 0 bridgehead atoms. The van der Waals surface area contributed by atoms with E-state index in [0.29, 0.717) is 42.1 Å². The predicted molar refractivity (Wildman–Crippen MR) is 123 cm³/mol. The molecule has 5 heteroatoms. The van der Waals surface area contributed by atoms with E-state index in [4.69, 9.17) is 9.47 Å². The summed E-state index contributed by atoms with van der Waals surface area (Å²) in [7, 11) is 0. The molecule has 0 amide bonds. The van der Waals surface area contributed by atoms with Crippen LogP contribution < -0.4 is 9.47 Å². The van der Waals surface area contributed by atoms with E-state index in [0.717, 1.165) is 36.9 Å². The van der Waals surface area contributed by atoms with Crippen LogP contribution in [0.5, 0.6) is 17.2 Å². The number of hydrogen-bond donors (Lipinski definition) is 1. The number of aromatic hydroxyl groups is 1. The molecule has 0 aliphatic heterocycles. The van der Waals surface area contributed by atoms with Crippen LogP contribution in [0.4, 0.5) is 0 Å². The Morgan fingerprint density at radius 3 is 2.19 bits per heavy atom. The van der Waals surface area contributed by atoms with Gasteiger partial charge in [0.25, 0.3) is 0 Å². The molecule has 0 radical (unpaired) electrons. The minimum Gasteiger partial charge on any atom is -0.507 e. The molecule has 2 rings (SSSR count). The summed E-state index contributed by atoms with van der Waals surface area (Å²) >= 11 is 0. The van der Waals surface area contributed by atoms with Crippen LogP contribution in [0.25, 0.3) is 0 Å². The second-order valence-corrected chi connectivity index (χ2v) is 8.71. The number of ketones is 1. The molecule has 0 aromatic heterocycles. The number of carbonyl (C=O) groups excluding carboxylic acids is 2. The Kier molecular flexibility index (Phi) is 8.66. The van der Waals surface area contributed by atoms with Crippen LogP contribution in [0.1, 0.15) is 78.3 Å². The Labute approximate surface area is 185 Å². The molecule has 5 nitrogen and oxygen atoms in total. The average molecular weight is 427 g/mol. The van der Waals surface area contributed by atoms with Gasteiger partial charge in [0.2, 0.25) is 0 Å². The van der Waals surface area contributed by atoms with Gasteiger partial charge in [-0.3, -0.25) is 9.59 Å². The van der Waals surface area contributed by atoms with Crippen LogP contribution in [0.2, 0.25) is 0 Å². The van der Waals surface area contributed by atoms with E-state index in [1.54, 1.807) is 25.1 Å². The summed E-state index contributed by atoms with van der Waals surface area (Å²) in [6.07, 6.45) is 3.64. The molecule has 31 heavy (non-hydrogen) atoms. The number of benzene rings is 2. The standard InChI is InChI=1S/C26H34O5/c1-6-8-22(28)21-11-12-24(19(3)25(21)29)31-16-14-26(4,5)13-15-30-23-10-7-9-20(17-27)18(23)2/h7,9-12,17,29H,6,8,13-16H2,1-5H3. The fraction of sp³-hybridized carbons (Fsp3) is 0.462. The van der Waals surface area contributed by atoms with Gasteiger partial charge in [0.1, 0.15) is 23.5 Å². The van der Waals surface area contributed by atoms with Gasteiger partial charge in [0, 0.05) is 23.1 Å². The molecule has 0 saturated heterocycles. The fourth-order valence-electron chi connectivity index (χ4n) is 3.34. The lowest BCUT2D eigenvalue weighted by Crippen LogP contribution is -2.19. The molecule has 0 unspecified atom stereocenters. The number of hydrogen-bond acceptors (Lipinski definition) is 5. The Morgan fingerprint density at radius 2 is 1.61 bits per heavy atom. The van der Waals surface area contributed by atoms with Crippen molar-refractivity contribution in [2.45, 2.75) is 60.3 Å². The lowest BCUT2D eigenvalue weighted by molar-refractivity contribution is 0.0978. The smallest absolute Gasteiger partial charge is 0.166 e. The van der Waals surface area contributed by atoms with Crippen molar-refractivity contribution in [2.24, 2.45) is 5.41 Å². The number of ether oxygens (including phenoxy) is 2. The topological polar surface area (TPSA) is 72.8 Å². The maximum Gasteiger partial charge on any atom is 0.166 e. The van der Waals surface area contributed by atoms with Gasteiger partial charge < -0.3 is 14.6 Å². The normalized spacial score (nSPS) is 11.3. The summed E-state index contributed by atoms with van der Waals surface area (Å²) in [5.74, 6) is 1.29. The van der Waals surface area contributed by atoms with Crippen LogP contribution >= 0.6 is 0 Å². The third kappa shape index (κ3) is 6.58. The Hall–Kier alpha value is -2.82. The van der Waals surface area contributed by atoms with Crippen LogP contribution in [-0.2, 0) is 0 Å². The summed E-state index contributed by atoms with van der Waals surface area (Å²) in [5.41, 5.74) is 2.44. The second-order valence-electron chi connectivity index (χ2n) is 8.71. The van der Waals surface area contributed by atoms with Crippen molar-refractivity contribution < 1.29 is 24.2 Å². The first kappa shape index (κ1) is 24.4. The molecule has 0 aliphatic rings. The second kappa shape index (κ2) is 11.0. The third-order valence-corrected chi connectivity index (χ3v) is 5.68. The van der Waals surface area contributed by atoms with Crippen molar-refractivity contribution in [1.29, 1.82) is 0 Å². The Bertz CT molecular complexity index is 914. The number of carbonyl (C=O) groups is 2. The van der Waals surface area contributed by atoms with Gasteiger partial charge in [0.05, 0.1) is 18.8 Å². The van der Waals surface area contributed by atoms with Crippen LogP contribution in [0, 0.1) is 19.3 Å². The van der Waals surface area contributed by atoms with E-state index in [-0.39, 0.29) is 16.9 Å². The van der Waals surface area contributed by atoms with Gasteiger partial charge in [0.15, 0.2) is 5.78 Å². The fourth-order valence-corrected chi connectivity index (χ4v) is 3.34. The van der Waals surface area contributed by atoms with Crippen LogP contribution in [0.15, 0.2) is 30.3 Å². The van der Waals surface area contributed by atoms with Crippen molar-refractivity contribution >= 4 is 12.1 Å². The van der Waals surface area contributed by atoms with Crippen molar-refractivity contribution in [3.8, 4) is 17.2 Å². The Balaban J connectivity index is 1.88. The summed E-state index contributed by atoms with van der Waals surface area (Å²) in [6, 6.07) is 8.89. The molecule has 0 atom stereocenters. The number of Topliss-reactive ketones (excluding diaryl/α,β-unsaturated/α-hetero) is 1. The van der Waals surface area contributed by atoms with E-state index >= 15 is 0 Å². The minimum absolute atomic E-state index is 0.0107. The van der Waals surface area contributed by atoms with E-state index in [2.05, 4.69) is 13.8 Å². The third-order valence-electron chi connectivity index (χ3n) is 5.68. The minimum atomic E-state index is -0.0512. The van der Waals surface area contributed by atoms with Gasteiger partial charge in [-0.05, 0) is 56.7 Å². The molecule has 0 aliphatic carbocycles. The van der Waals surface area contributed by atoms with Gasteiger partial charge >= 0.3 is 0 Å². The van der Waals surface area contributed by atoms with Crippen molar-refractivity contribution in [1.82, 2.24) is 0 Å². The molecule has 2 aromatic rings. The number of phenols is 1. The highest BCUT2D eigenvalue weighted by Crippen LogP contribution is 2.33. The van der Waals surface area contributed by atoms with Crippen molar-refractivity contribution in [3.05, 3.63) is 52.6 Å². The van der Waals surface area contributed by atoms with Gasteiger partial charge in [-0.25, -0.2) is 0 Å². The monoisotopic (exact) mass is 426 g/mol. The van der Waals surface area contributed by atoms with Gasteiger partial charge in [-0.1, -0.05) is 32.9 Å². The molecule has 2 aromatic carbocycles. The summed E-state index contributed by atoms with van der Waals surface area (Å²) in [4.78, 5) is 23.2. The number of rotatable bonds is 12. The summed E-state index contributed by atoms with van der Waals surface area (Å²) in [5, 5.41) is 10.4. The molecule has 168 valence electrons. The Morgan fingerprint density at radius 1 is 1.00 bits per heavy atom. The average Bonchev–Trinajstić information content (AvgIpc) is 2.72. The van der Waals surface area contributed by atoms with Gasteiger partial charge in [-0.15, -0.1) is 0 Å². The number of phenolic OH excluding ortho intramolecular Hbond substituents is 1. The zero-order valence-corrected chi connectivity index (χ0v) is 19.3. The lowest BCUT2D eigenvalue weighted by Gasteiger charge is -2.25. The van der Waals surface area contributed by atoms with Crippen LogP contribution in [-0.4, -0.2) is 30.4 Å². The lowest BCUT2D eigenvalue weighted by atomic mass is 9.86. The zero-order chi connectivity index (χ0) is 23.0.